The molecule has 0 fully saturated rings. The predicted octanol–water partition coefficient (Wildman–Crippen LogP) is 2.02. The lowest BCUT2D eigenvalue weighted by atomic mass is 10.2. The van der Waals surface area contributed by atoms with Crippen LogP contribution in [-0.2, 0) is 5.88 Å². The largest absolute Gasteiger partial charge is 0.497 e. The minimum absolute atomic E-state index is 0.460. The minimum Gasteiger partial charge on any atom is -0.497 e. The van der Waals surface area contributed by atoms with Gasteiger partial charge in [0.25, 0.3) is 0 Å². The van der Waals surface area contributed by atoms with Crippen LogP contribution in [-0.4, -0.2) is 7.11 Å². The lowest BCUT2D eigenvalue weighted by Gasteiger charge is -2.03. The number of hydrogen-bond acceptors (Lipinski definition) is 2. The van der Waals surface area contributed by atoms with E-state index in [4.69, 9.17) is 22.1 Å². The summed E-state index contributed by atoms with van der Waals surface area (Å²) in [4.78, 5) is 0. The van der Waals surface area contributed by atoms with Crippen LogP contribution >= 0.6 is 11.6 Å². The number of ether oxygens (including phenoxy) is 1. The quantitative estimate of drug-likeness (QED) is 0.546. The van der Waals surface area contributed by atoms with Crippen molar-refractivity contribution in [3.8, 4) is 5.75 Å². The van der Waals surface area contributed by atoms with E-state index >= 15 is 0 Å². The molecule has 0 bridgehead atoms. The molecule has 3 heteroatoms. The fraction of sp³-hybridized carbons (Fsp3) is 0.250. The molecular weight excluding hydrogens is 162 g/mol. The summed E-state index contributed by atoms with van der Waals surface area (Å²) in [6.07, 6.45) is 0. The highest BCUT2D eigenvalue weighted by Gasteiger charge is 1.96. The second-order valence-electron chi connectivity index (χ2n) is 2.25. The van der Waals surface area contributed by atoms with E-state index in [2.05, 4.69) is 0 Å². The highest BCUT2D eigenvalue weighted by molar-refractivity contribution is 6.17. The number of nitrogen functional groups attached to an aromatic ring is 1. The van der Waals surface area contributed by atoms with E-state index in [9.17, 15) is 0 Å². The smallest absolute Gasteiger partial charge is 0.121 e. The fourth-order valence-electron chi connectivity index (χ4n) is 0.881. The van der Waals surface area contributed by atoms with Gasteiger partial charge in [-0.15, -0.1) is 11.6 Å². The normalized spacial score (nSPS) is 9.64. The molecule has 1 aromatic carbocycles. The van der Waals surface area contributed by atoms with Gasteiger partial charge in [0.05, 0.1) is 7.11 Å². The first-order valence-electron chi connectivity index (χ1n) is 3.25. The lowest BCUT2D eigenvalue weighted by molar-refractivity contribution is 0.414. The van der Waals surface area contributed by atoms with Crippen molar-refractivity contribution in [1.82, 2.24) is 0 Å². The number of methoxy groups -OCH3 is 1. The molecule has 0 aliphatic carbocycles. The van der Waals surface area contributed by atoms with Crippen molar-refractivity contribution in [3.63, 3.8) is 0 Å². The molecule has 0 amide bonds. The molecule has 11 heavy (non-hydrogen) atoms. The molecule has 0 atom stereocenters. The van der Waals surface area contributed by atoms with Gasteiger partial charge in [0.15, 0.2) is 0 Å². The molecule has 0 unspecified atom stereocenters. The van der Waals surface area contributed by atoms with Gasteiger partial charge in [-0.25, -0.2) is 0 Å². The Kier molecular flexibility index (Phi) is 2.60. The summed E-state index contributed by atoms with van der Waals surface area (Å²) in [7, 11) is 1.60. The molecule has 0 aromatic heterocycles. The molecule has 60 valence electrons. The molecule has 1 aromatic rings. The molecule has 0 saturated carbocycles. The summed E-state index contributed by atoms with van der Waals surface area (Å²) in [6, 6.07) is 5.45. The maximum Gasteiger partial charge on any atom is 0.121 e. The van der Waals surface area contributed by atoms with Gasteiger partial charge >= 0.3 is 0 Å². The summed E-state index contributed by atoms with van der Waals surface area (Å²) in [6.45, 7) is 0. The summed E-state index contributed by atoms with van der Waals surface area (Å²) < 4.78 is 5.00. The standard InChI is InChI=1S/C8H10ClNO/c1-11-8-3-6(5-9)2-7(10)4-8/h2-4H,5,10H2,1H3. The highest BCUT2D eigenvalue weighted by atomic mass is 35.5. The van der Waals surface area contributed by atoms with Crippen LogP contribution in [0.2, 0.25) is 0 Å². The zero-order chi connectivity index (χ0) is 8.27. The Hall–Kier alpha value is -0.890. The third kappa shape index (κ3) is 2.02. The van der Waals surface area contributed by atoms with Crippen LogP contribution in [0.3, 0.4) is 0 Å². The van der Waals surface area contributed by atoms with Crippen molar-refractivity contribution in [2.45, 2.75) is 5.88 Å². The number of benzene rings is 1. The average molecular weight is 172 g/mol. The van der Waals surface area contributed by atoms with Crippen LogP contribution in [0.5, 0.6) is 5.75 Å². The Labute approximate surface area is 70.9 Å². The summed E-state index contributed by atoms with van der Waals surface area (Å²) in [5.74, 6) is 1.21. The summed E-state index contributed by atoms with van der Waals surface area (Å²) in [5, 5.41) is 0. The van der Waals surface area contributed by atoms with Crippen molar-refractivity contribution in [2.24, 2.45) is 0 Å². The van der Waals surface area contributed by atoms with Crippen molar-refractivity contribution >= 4 is 17.3 Å². The summed E-state index contributed by atoms with van der Waals surface area (Å²) >= 11 is 5.62. The molecule has 2 N–H and O–H groups in total. The molecule has 0 radical (unpaired) electrons. The highest BCUT2D eigenvalue weighted by Crippen LogP contribution is 2.19. The molecule has 0 heterocycles. The molecule has 1 rings (SSSR count). The number of rotatable bonds is 2. The van der Waals surface area contributed by atoms with E-state index in [1.54, 1.807) is 13.2 Å². The van der Waals surface area contributed by atoms with Gasteiger partial charge in [0.1, 0.15) is 5.75 Å². The Morgan fingerprint density at radius 2 is 2.18 bits per heavy atom. The van der Waals surface area contributed by atoms with Crippen LogP contribution < -0.4 is 10.5 Å². The second-order valence-corrected chi connectivity index (χ2v) is 2.52. The SMILES string of the molecule is COc1cc(N)cc(CCl)c1. The number of alkyl halides is 1. The van der Waals surface area contributed by atoms with Gasteiger partial charge in [0, 0.05) is 17.6 Å². The minimum atomic E-state index is 0.460. The lowest BCUT2D eigenvalue weighted by Crippen LogP contribution is -1.90. The van der Waals surface area contributed by atoms with Crippen LogP contribution in [0.15, 0.2) is 18.2 Å². The number of nitrogens with two attached hydrogens (primary N) is 1. The maximum absolute atomic E-state index is 5.62. The Balaban J connectivity index is 3.02. The van der Waals surface area contributed by atoms with E-state index in [0.717, 1.165) is 11.3 Å². The topological polar surface area (TPSA) is 35.2 Å². The number of halogens is 1. The molecule has 0 spiro atoms. The third-order valence-corrected chi connectivity index (χ3v) is 1.69. The first-order chi connectivity index (χ1) is 5.26. The van der Waals surface area contributed by atoms with Crippen LogP contribution in [0.25, 0.3) is 0 Å². The fourth-order valence-corrected chi connectivity index (χ4v) is 1.04. The van der Waals surface area contributed by atoms with Gasteiger partial charge in [-0.05, 0) is 17.7 Å². The first kappa shape index (κ1) is 8.21. The zero-order valence-corrected chi connectivity index (χ0v) is 7.06. The molecule has 0 saturated heterocycles. The van der Waals surface area contributed by atoms with Crippen LogP contribution in [0.4, 0.5) is 5.69 Å². The van der Waals surface area contributed by atoms with Crippen molar-refractivity contribution in [1.29, 1.82) is 0 Å². The molecular formula is C8H10ClNO. The van der Waals surface area contributed by atoms with Gasteiger partial charge < -0.3 is 10.5 Å². The Morgan fingerprint density at radius 1 is 1.45 bits per heavy atom. The number of anilines is 1. The van der Waals surface area contributed by atoms with Gasteiger partial charge in [-0.1, -0.05) is 0 Å². The van der Waals surface area contributed by atoms with E-state index in [1.165, 1.54) is 0 Å². The van der Waals surface area contributed by atoms with E-state index in [-0.39, 0.29) is 0 Å². The van der Waals surface area contributed by atoms with E-state index in [0.29, 0.717) is 11.6 Å². The number of hydrogen-bond donors (Lipinski definition) is 1. The summed E-state index contributed by atoms with van der Waals surface area (Å²) in [5.41, 5.74) is 7.23. The Morgan fingerprint density at radius 3 is 2.73 bits per heavy atom. The van der Waals surface area contributed by atoms with E-state index < -0.39 is 0 Å². The molecule has 2 nitrogen and oxygen atoms in total. The molecule has 0 aliphatic heterocycles. The zero-order valence-electron chi connectivity index (χ0n) is 6.30. The average Bonchev–Trinajstić information content (AvgIpc) is 2.03. The second kappa shape index (κ2) is 3.49. The van der Waals surface area contributed by atoms with Crippen LogP contribution in [0, 0.1) is 0 Å². The monoisotopic (exact) mass is 171 g/mol. The predicted molar refractivity (Wildman–Crippen MR) is 47.0 cm³/mol. The van der Waals surface area contributed by atoms with Crippen molar-refractivity contribution in [2.75, 3.05) is 12.8 Å². The Bertz CT molecular complexity index is 228. The van der Waals surface area contributed by atoms with E-state index in [1.807, 2.05) is 12.1 Å². The first-order valence-corrected chi connectivity index (χ1v) is 3.79. The van der Waals surface area contributed by atoms with Gasteiger partial charge in [-0.2, -0.15) is 0 Å². The molecule has 0 aliphatic rings. The third-order valence-electron chi connectivity index (χ3n) is 1.38. The van der Waals surface area contributed by atoms with Crippen molar-refractivity contribution < 1.29 is 4.74 Å². The van der Waals surface area contributed by atoms with Crippen LogP contribution in [0.1, 0.15) is 5.56 Å². The maximum atomic E-state index is 5.62. The van der Waals surface area contributed by atoms with Crippen molar-refractivity contribution in [3.05, 3.63) is 23.8 Å². The van der Waals surface area contributed by atoms with Gasteiger partial charge in [-0.3, -0.25) is 0 Å². The van der Waals surface area contributed by atoms with Gasteiger partial charge in [0.2, 0.25) is 0 Å².